The van der Waals surface area contributed by atoms with Crippen LogP contribution < -0.4 is 0 Å². The van der Waals surface area contributed by atoms with E-state index >= 15 is 0 Å². The first-order valence-electron chi connectivity index (χ1n) is 12.9. The molecule has 0 N–H and O–H groups in total. The topological polar surface area (TPSA) is 91.3 Å². The SMILES string of the molecule is CCOC(=O)C1=NO[C@]2(C(C)=O)[C@H]1C[C@H]1[C@@H]3CC=C4C[C@@H](OC(C)=O)CC[C@]4(C)[C@H]3CC[C@@]12C. The molecule has 8 atom stereocenters. The largest absolute Gasteiger partial charge is 0.462 e. The van der Waals surface area contributed by atoms with Gasteiger partial charge in [0, 0.05) is 18.8 Å². The average Bonchev–Trinajstić information content (AvgIpc) is 3.28. The highest BCUT2D eigenvalue weighted by molar-refractivity contribution is 6.38. The van der Waals surface area contributed by atoms with Crippen LogP contribution in [0.5, 0.6) is 0 Å². The summed E-state index contributed by atoms with van der Waals surface area (Å²) in [4.78, 5) is 43.4. The summed E-state index contributed by atoms with van der Waals surface area (Å²) in [6.07, 6.45) is 8.66. The highest BCUT2D eigenvalue weighted by Crippen LogP contribution is 2.70. The van der Waals surface area contributed by atoms with Crippen molar-refractivity contribution in [1.82, 2.24) is 0 Å². The van der Waals surface area contributed by atoms with Crippen molar-refractivity contribution in [3.63, 3.8) is 0 Å². The molecular formula is C27H37NO6. The van der Waals surface area contributed by atoms with Gasteiger partial charge in [-0.05, 0) is 75.5 Å². The predicted molar refractivity (Wildman–Crippen MR) is 125 cm³/mol. The zero-order chi connectivity index (χ0) is 24.5. The van der Waals surface area contributed by atoms with Gasteiger partial charge in [0.25, 0.3) is 0 Å². The molecular weight excluding hydrogens is 434 g/mol. The van der Waals surface area contributed by atoms with Crippen molar-refractivity contribution in [2.45, 2.75) is 91.3 Å². The van der Waals surface area contributed by atoms with Crippen molar-refractivity contribution in [2.24, 2.45) is 39.7 Å². The first-order chi connectivity index (χ1) is 16.1. The first-order valence-corrected chi connectivity index (χ1v) is 12.9. The number of oxime groups is 1. The van der Waals surface area contributed by atoms with E-state index in [1.165, 1.54) is 12.5 Å². The van der Waals surface area contributed by atoms with Crippen molar-refractivity contribution in [3.05, 3.63) is 11.6 Å². The summed E-state index contributed by atoms with van der Waals surface area (Å²) in [5, 5.41) is 4.15. The first kappa shape index (κ1) is 23.6. The van der Waals surface area contributed by atoms with E-state index in [0.29, 0.717) is 11.8 Å². The molecule has 5 aliphatic rings. The van der Waals surface area contributed by atoms with E-state index in [-0.39, 0.29) is 52.8 Å². The number of carbonyl (C=O) groups excluding carboxylic acids is 3. The number of hydrogen-bond donors (Lipinski definition) is 0. The van der Waals surface area contributed by atoms with Crippen LogP contribution in [0.15, 0.2) is 16.8 Å². The van der Waals surface area contributed by atoms with Crippen LogP contribution in [0.1, 0.15) is 79.6 Å². The molecule has 5 rings (SSSR count). The number of ketones is 1. The smallest absolute Gasteiger partial charge is 0.356 e. The Morgan fingerprint density at radius 3 is 2.59 bits per heavy atom. The quantitative estimate of drug-likeness (QED) is 0.446. The third-order valence-corrected chi connectivity index (χ3v) is 10.2. The second-order valence-electron chi connectivity index (χ2n) is 11.6. The molecule has 0 saturated heterocycles. The van der Waals surface area contributed by atoms with E-state index in [9.17, 15) is 14.4 Å². The molecule has 3 fully saturated rings. The second kappa shape index (κ2) is 7.92. The molecule has 0 radical (unpaired) electrons. The third-order valence-electron chi connectivity index (χ3n) is 10.2. The molecule has 186 valence electrons. The van der Waals surface area contributed by atoms with Gasteiger partial charge >= 0.3 is 11.9 Å². The molecule has 0 spiro atoms. The number of ether oxygens (including phenoxy) is 2. The molecule has 34 heavy (non-hydrogen) atoms. The Kier molecular flexibility index (Phi) is 5.49. The number of hydrogen-bond acceptors (Lipinski definition) is 7. The fourth-order valence-corrected chi connectivity index (χ4v) is 8.75. The monoisotopic (exact) mass is 471 g/mol. The minimum Gasteiger partial charge on any atom is -0.462 e. The van der Waals surface area contributed by atoms with Gasteiger partial charge in [-0.15, -0.1) is 0 Å². The van der Waals surface area contributed by atoms with Crippen molar-refractivity contribution in [1.29, 1.82) is 0 Å². The summed E-state index contributed by atoms with van der Waals surface area (Å²) >= 11 is 0. The lowest BCUT2D eigenvalue weighted by Crippen LogP contribution is -2.59. The maximum absolute atomic E-state index is 13.2. The molecule has 7 nitrogen and oxygen atoms in total. The molecule has 7 heteroatoms. The molecule has 0 bridgehead atoms. The van der Waals surface area contributed by atoms with Gasteiger partial charge in [0.2, 0.25) is 5.60 Å². The predicted octanol–water partition coefficient (Wildman–Crippen LogP) is 4.38. The van der Waals surface area contributed by atoms with Crippen LogP contribution in [0.25, 0.3) is 0 Å². The van der Waals surface area contributed by atoms with E-state index in [1.54, 1.807) is 13.8 Å². The third kappa shape index (κ3) is 3.00. The number of carbonyl (C=O) groups is 3. The van der Waals surface area contributed by atoms with E-state index in [1.807, 2.05) is 0 Å². The van der Waals surface area contributed by atoms with E-state index < -0.39 is 11.6 Å². The van der Waals surface area contributed by atoms with Crippen LogP contribution >= 0.6 is 0 Å². The normalized spacial score (nSPS) is 44.3. The average molecular weight is 472 g/mol. The highest BCUT2D eigenvalue weighted by atomic mass is 16.7. The van der Waals surface area contributed by atoms with Crippen LogP contribution in [0.4, 0.5) is 0 Å². The van der Waals surface area contributed by atoms with Crippen molar-refractivity contribution in [3.8, 4) is 0 Å². The molecule has 0 aromatic rings. The van der Waals surface area contributed by atoms with Crippen LogP contribution in [-0.2, 0) is 28.7 Å². The Hall–Kier alpha value is -2.18. The van der Waals surface area contributed by atoms with Gasteiger partial charge in [-0.2, -0.15) is 0 Å². The van der Waals surface area contributed by atoms with Gasteiger partial charge in [0.15, 0.2) is 11.5 Å². The van der Waals surface area contributed by atoms with Crippen LogP contribution in [0, 0.1) is 34.5 Å². The fraction of sp³-hybridized carbons (Fsp3) is 0.778. The lowest BCUT2D eigenvalue weighted by Gasteiger charge is -2.58. The maximum atomic E-state index is 13.2. The van der Waals surface area contributed by atoms with Crippen LogP contribution in [0.2, 0.25) is 0 Å². The lowest BCUT2D eigenvalue weighted by atomic mass is 9.46. The molecule has 4 aliphatic carbocycles. The summed E-state index contributed by atoms with van der Waals surface area (Å²) in [6, 6.07) is 0. The summed E-state index contributed by atoms with van der Waals surface area (Å²) in [7, 11) is 0. The van der Waals surface area contributed by atoms with E-state index in [4.69, 9.17) is 14.3 Å². The maximum Gasteiger partial charge on any atom is 0.356 e. The number of fused-ring (bicyclic) bond motifs is 7. The summed E-state index contributed by atoms with van der Waals surface area (Å²) in [5.74, 6) is 0.139. The van der Waals surface area contributed by atoms with Crippen molar-refractivity contribution < 1.29 is 28.7 Å². The Bertz CT molecular complexity index is 986. The number of rotatable bonds is 4. The van der Waals surface area contributed by atoms with Crippen LogP contribution in [-0.4, -0.2) is 41.7 Å². The molecule has 0 aromatic heterocycles. The molecule has 0 aromatic carbocycles. The minimum atomic E-state index is -1.08. The number of allylic oxidation sites excluding steroid dienone is 1. The van der Waals surface area contributed by atoms with E-state index in [2.05, 4.69) is 25.1 Å². The standard InChI is InChI=1S/C27H37NO6/c1-6-32-24(31)23-22-14-21-19-8-7-17-13-18(33-16(3)30)9-11-25(17,4)20(19)10-12-26(21,5)27(22,15(2)29)34-28-23/h7,18-22H,6,8-14H2,1-5H3/t18-,19+,20-,21-,22-,25-,26-,27+/m0/s1. The second-order valence-corrected chi connectivity index (χ2v) is 11.6. The molecule has 0 amide bonds. The molecule has 3 saturated carbocycles. The van der Waals surface area contributed by atoms with Gasteiger partial charge in [-0.25, -0.2) is 4.79 Å². The molecule has 0 unspecified atom stereocenters. The zero-order valence-corrected chi connectivity index (χ0v) is 21.0. The fourth-order valence-electron chi connectivity index (χ4n) is 8.75. The van der Waals surface area contributed by atoms with Crippen molar-refractivity contribution >= 4 is 23.4 Å². The number of nitrogens with zero attached hydrogens (tertiary/aromatic N) is 1. The van der Waals surface area contributed by atoms with Gasteiger partial charge in [-0.3, -0.25) is 9.59 Å². The number of esters is 2. The lowest BCUT2D eigenvalue weighted by molar-refractivity contribution is -0.174. The van der Waals surface area contributed by atoms with Gasteiger partial charge < -0.3 is 14.3 Å². The summed E-state index contributed by atoms with van der Waals surface area (Å²) < 4.78 is 10.8. The minimum absolute atomic E-state index is 0.0224. The van der Waals surface area contributed by atoms with Gasteiger partial charge in [0.1, 0.15) is 6.10 Å². The molecule has 1 heterocycles. The summed E-state index contributed by atoms with van der Waals surface area (Å²) in [6.45, 7) is 9.70. The Morgan fingerprint density at radius 1 is 1.15 bits per heavy atom. The molecule has 1 aliphatic heterocycles. The Morgan fingerprint density at radius 2 is 1.91 bits per heavy atom. The highest BCUT2D eigenvalue weighted by Gasteiger charge is 2.75. The Balaban J connectivity index is 1.47. The summed E-state index contributed by atoms with van der Waals surface area (Å²) in [5.41, 5.74) is 0.339. The van der Waals surface area contributed by atoms with Crippen molar-refractivity contribution in [2.75, 3.05) is 6.61 Å². The van der Waals surface area contributed by atoms with Crippen LogP contribution in [0.3, 0.4) is 0 Å². The van der Waals surface area contributed by atoms with Gasteiger partial charge in [0.05, 0.1) is 12.5 Å². The zero-order valence-electron chi connectivity index (χ0n) is 21.0. The van der Waals surface area contributed by atoms with E-state index in [0.717, 1.165) is 44.9 Å². The number of Topliss-reactive ketones (excluding diaryl/α,β-unsaturated/α-hetero) is 1. The Labute approximate surface area is 201 Å². The van der Waals surface area contributed by atoms with Gasteiger partial charge in [-0.1, -0.05) is 30.7 Å².